The number of pyridine rings is 1. The standard InChI is InChI=1S/C21H25N3O2/c1-2-24-18-6-3-10-21(18,11-9-19(24)25)14-23-20(26)16-7-8-17-15(13-16)5-4-12-22-17/h4-5,7-8,12-13,18H,2-3,6,9-11,14H2,1H3,(H,23,26)/t18-,21+/m1/s1. The van der Waals surface area contributed by atoms with Crippen molar-refractivity contribution in [2.24, 2.45) is 5.41 Å². The van der Waals surface area contributed by atoms with Crippen molar-refractivity contribution in [3.63, 3.8) is 0 Å². The van der Waals surface area contributed by atoms with Crippen molar-refractivity contribution < 1.29 is 9.59 Å². The van der Waals surface area contributed by atoms with E-state index in [9.17, 15) is 9.59 Å². The highest BCUT2D eigenvalue weighted by Gasteiger charge is 2.49. The molecule has 5 heteroatoms. The van der Waals surface area contributed by atoms with Crippen LogP contribution in [0.3, 0.4) is 0 Å². The Labute approximate surface area is 153 Å². The van der Waals surface area contributed by atoms with Crippen LogP contribution in [0.4, 0.5) is 0 Å². The van der Waals surface area contributed by atoms with Gasteiger partial charge in [-0.3, -0.25) is 14.6 Å². The highest BCUT2D eigenvalue weighted by atomic mass is 16.2. The van der Waals surface area contributed by atoms with E-state index in [0.29, 0.717) is 18.5 Å². The van der Waals surface area contributed by atoms with E-state index in [2.05, 4.69) is 10.3 Å². The Morgan fingerprint density at radius 3 is 3.08 bits per heavy atom. The Bertz CT molecular complexity index is 850. The normalized spacial score (nSPS) is 25.3. The minimum atomic E-state index is -0.0456. The molecule has 0 spiro atoms. The van der Waals surface area contributed by atoms with Gasteiger partial charge >= 0.3 is 0 Å². The summed E-state index contributed by atoms with van der Waals surface area (Å²) in [5.74, 6) is 0.221. The van der Waals surface area contributed by atoms with Crippen LogP contribution in [0.1, 0.15) is 49.4 Å². The Morgan fingerprint density at radius 1 is 1.35 bits per heavy atom. The van der Waals surface area contributed by atoms with Crippen LogP contribution in [0.2, 0.25) is 0 Å². The van der Waals surface area contributed by atoms with Gasteiger partial charge in [0.15, 0.2) is 0 Å². The van der Waals surface area contributed by atoms with Gasteiger partial charge in [-0.1, -0.05) is 12.5 Å². The minimum Gasteiger partial charge on any atom is -0.351 e. The van der Waals surface area contributed by atoms with Crippen molar-refractivity contribution in [2.75, 3.05) is 13.1 Å². The van der Waals surface area contributed by atoms with Crippen LogP contribution in [-0.4, -0.2) is 40.8 Å². The fourth-order valence-electron chi connectivity index (χ4n) is 4.84. The number of amides is 2. The number of rotatable bonds is 4. The molecule has 1 aromatic carbocycles. The molecule has 2 heterocycles. The summed E-state index contributed by atoms with van der Waals surface area (Å²) in [4.78, 5) is 31.3. The topological polar surface area (TPSA) is 62.3 Å². The third-order valence-corrected chi connectivity index (χ3v) is 6.20. The maximum Gasteiger partial charge on any atom is 0.251 e. The summed E-state index contributed by atoms with van der Waals surface area (Å²) in [6.07, 6.45) is 6.51. The quantitative estimate of drug-likeness (QED) is 0.920. The number of fused-ring (bicyclic) bond motifs is 2. The van der Waals surface area contributed by atoms with Crippen LogP contribution in [0.15, 0.2) is 36.5 Å². The summed E-state index contributed by atoms with van der Waals surface area (Å²) in [5.41, 5.74) is 1.59. The maximum atomic E-state index is 12.7. The first-order chi connectivity index (χ1) is 12.6. The van der Waals surface area contributed by atoms with Gasteiger partial charge in [0.1, 0.15) is 0 Å². The van der Waals surface area contributed by atoms with E-state index in [1.54, 1.807) is 6.20 Å². The van der Waals surface area contributed by atoms with Crippen LogP contribution in [0.25, 0.3) is 10.9 Å². The van der Waals surface area contributed by atoms with Gasteiger partial charge in [0.25, 0.3) is 5.91 Å². The van der Waals surface area contributed by atoms with E-state index < -0.39 is 0 Å². The second-order valence-electron chi connectivity index (χ2n) is 7.54. The number of hydrogen-bond acceptors (Lipinski definition) is 3. The molecular formula is C21H25N3O2. The molecule has 26 heavy (non-hydrogen) atoms. The van der Waals surface area contributed by atoms with E-state index in [4.69, 9.17) is 0 Å². The van der Waals surface area contributed by atoms with Crippen LogP contribution in [-0.2, 0) is 4.79 Å². The molecule has 1 aromatic heterocycles. The van der Waals surface area contributed by atoms with Crippen molar-refractivity contribution in [2.45, 2.75) is 45.1 Å². The van der Waals surface area contributed by atoms with Crippen LogP contribution < -0.4 is 5.32 Å². The van der Waals surface area contributed by atoms with Crippen molar-refractivity contribution >= 4 is 22.7 Å². The minimum absolute atomic E-state index is 0.0397. The summed E-state index contributed by atoms with van der Waals surface area (Å²) in [5, 5.41) is 4.13. The number of hydrogen-bond donors (Lipinski definition) is 1. The van der Waals surface area contributed by atoms with Crippen LogP contribution in [0, 0.1) is 5.41 Å². The smallest absolute Gasteiger partial charge is 0.251 e. The van der Waals surface area contributed by atoms with Gasteiger partial charge in [-0.05, 0) is 50.5 Å². The molecule has 1 aliphatic carbocycles. The molecule has 1 saturated heterocycles. The van der Waals surface area contributed by atoms with E-state index >= 15 is 0 Å². The molecule has 2 atom stereocenters. The molecule has 5 nitrogen and oxygen atoms in total. The third-order valence-electron chi connectivity index (χ3n) is 6.20. The fraction of sp³-hybridized carbons (Fsp3) is 0.476. The largest absolute Gasteiger partial charge is 0.351 e. The van der Waals surface area contributed by atoms with Gasteiger partial charge in [0, 0.05) is 48.1 Å². The number of nitrogens with zero attached hydrogens (tertiary/aromatic N) is 2. The highest BCUT2D eigenvalue weighted by molar-refractivity contribution is 5.97. The van der Waals surface area contributed by atoms with Crippen molar-refractivity contribution in [3.8, 4) is 0 Å². The average molecular weight is 351 g/mol. The zero-order valence-electron chi connectivity index (χ0n) is 15.2. The molecule has 0 unspecified atom stereocenters. The first kappa shape index (κ1) is 17.0. The molecular weight excluding hydrogens is 326 g/mol. The molecule has 4 rings (SSSR count). The molecule has 1 N–H and O–H groups in total. The second-order valence-corrected chi connectivity index (χ2v) is 7.54. The molecule has 2 amide bonds. The zero-order chi connectivity index (χ0) is 18.1. The Morgan fingerprint density at radius 2 is 2.23 bits per heavy atom. The van der Waals surface area contributed by atoms with Gasteiger partial charge in [0.05, 0.1) is 5.52 Å². The van der Waals surface area contributed by atoms with Gasteiger partial charge in [-0.25, -0.2) is 0 Å². The zero-order valence-corrected chi connectivity index (χ0v) is 15.2. The van der Waals surface area contributed by atoms with Crippen molar-refractivity contribution in [3.05, 3.63) is 42.1 Å². The van der Waals surface area contributed by atoms with Gasteiger partial charge in [-0.15, -0.1) is 0 Å². The molecule has 1 saturated carbocycles. The monoisotopic (exact) mass is 351 g/mol. The lowest BCUT2D eigenvalue weighted by Gasteiger charge is -2.46. The summed E-state index contributed by atoms with van der Waals surface area (Å²) in [6.45, 7) is 3.45. The fourth-order valence-corrected chi connectivity index (χ4v) is 4.84. The number of benzene rings is 1. The molecule has 1 aliphatic heterocycles. The lowest BCUT2D eigenvalue weighted by atomic mass is 9.74. The summed E-state index contributed by atoms with van der Waals surface area (Å²) >= 11 is 0. The highest BCUT2D eigenvalue weighted by Crippen LogP contribution is 2.47. The summed E-state index contributed by atoms with van der Waals surface area (Å²) in [7, 11) is 0. The Balaban J connectivity index is 1.50. The number of carbonyl (C=O) groups excluding carboxylic acids is 2. The van der Waals surface area contributed by atoms with Gasteiger partial charge in [0.2, 0.25) is 5.91 Å². The van der Waals surface area contributed by atoms with Gasteiger partial charge in [-0.2, -0.15) is 0 Å². The molecule has 2 aromatic rings. The van der Waals surface area contributed by atoms with Crippen molar-refractivity contribution in [1.82, 2.24) is 15.2 Å². The molecule has 0 radical (unpaired) electrons. The third kappa shape index (κ3) is 2.85. The lowest BCUT2D eigenvalue weighted by Crippen LogP contribution is -2.55. The van der Waals surface area contributed by atoms with E-state index in [1.807, 2.05) is 42.2 Å². The average Bonchev–Trinajstić information content (AvgIpc) is 3.10. The predicted molar refractivity (Wildman–Crippen MR) is 101 cm³/mol. The molecule has 2 fully saturated rings. The van der Waals surface area contributed by atoms with E-state index in [-0.39, 0.29) is 23.3 Å². The summed E-state index contributed by atoms with van der Waals surface area (Å²) in [6, 6.07) is 9.73. The Kier molecular flexibility index (Phi) is 4.39. The predicted octanol–water partition coefficient (Wildman–Crippen LogP) is 3.15. The molecule has 2 aliphatic rings. The SMILES string of the molecule is CCN1C(=O)CC[C@]2(CNC(=O)c3ccc4ncccc4c3)CCC[C@@H]12. The lowest BCUT2D eigenvalue weighted by molar-refractivity contribution is -0.141. The Hall–Kier alpha value is -2.43. The van der Waals surface area contributed by atoms with E-state index in [0.717, 1.165) is 43.1 Å². The molecule has 136 valence electrons. The van der Waals surface area contributed by atoms with Gasteiger partial charge < -0.3 is 10.2 Å². The van der Waals surface area contributed by atoms with Crippen molar-refractivity contribution in [1.29, 1.82) is 0 Å². The van der Waals surface area contributed by atoms with E-state index in [1.165, 1.54) is 0 Å². The maximum absolute atomic E-state index is 12.7. The number of likely N-dealkylation sites (tertiary alicyclic amines) is 1. The number of aromatic nitrogens is 1. The second kappa shape index (κ2) is 6.71. The number of nitrogens with one attached hydrogen (secondary N) is 1. The molecule has 0 bridgehead atoms. The number of carbonyl (C=O) groups is 2. The van der Waals surface area contributed by atoms with Crippen LogP contribution >= 0.6 is 0 Å². The first-order valence-electron chi connectivity index (χ1n) is 9.55. The summed E-state index contributed by atoms with van der Waals surface area (Å²) < 4.78 is 0. The number of piperidine rings is 1. The first-order valence-corrected chi connectivity index (χ1v) is 9.55. The van der Waals surface area contributed by atoms with Crippen LogP contribution in [0.5, 0.6) is 0 Å².